The number of hydrogen-bond acceptors (Lipinski definition) is 3. The molecular formula is C15H20N2O. The third-order valence-electron chi connectivity index (χ3n) is 3.05. The van der Waals surface area contributed by atoms with Crippen LogP contribution in [-0.4, -0.2) is 4.98 Å². The molecule has 3 heteroatoms. The van der Waals surface area contributed by atoms with Gasteiger partial charge in [-0.05, 0) is 33.3 Å². The summed E-state index contributed by atoms with van der Waals surface area (Å²) in [6.07, 6.45) is 1.75. The third kappa shape index (κ3) is 2.99. The van der Waals surface area contributed by atoms with E-state index in [1.54, 1.807) is 6.20 Å². The molecule has 0 amide bonds. The molecule has 2 atom stereocenters. The molecule has 2 aromatic rings. The molecule has 0 aliphatic rings. The van der Waals surface area contributed by atoms with Gasteiger partial charge in [-0.2, -0.15) is 0 Å². The van der Waals surface area contributed by atoms with Crippen LogP contribution in [0.2, 0.25) is 0 Å². The van der Waals surface area contributed by atoms with E-state index in [9.17, 15) is 0 Å². The van der Waals surface area contributed by atoms with Crippen LogP contribution in [0, 0.1) is 13.8 Å². The normalized spacial score (nSPS) is 14.4. The minimum absolute atomic E-state index is 0.106. The first-order valence-corrected chi connectivity index (χ1v) is 6.31. The van der Waals surface area contributed by atoms with Gasteiger partial charge in [-0.3, -0.25) is 5.32 Å². The van der Waals surface area contributed by atoms with Crippen LogP contribution < -0.4 is 5.32 Å². The van der Waals surface area contributed by atoms with E-state index in [-0.39, 0.29) is 12.1 Å². The Bertz CT molecular complexity index is 519. The zero-order valence-corrected chi connectivity index (χ0v) is 11.4. The second-order valence-corrected chi connectivity index (χ2v) is 4.83. The van der Waals surface area contributed by atoms with Crippen molar-refractivity contribution in [2.75, 3.05) is 0 Å². The molecule has 1 N–H and O–H groups in total. The molecule has 2 rings (SSSR count). The zero-order valence-electron chi connectivity index (χ0n) is 11.4. The molecule has 3 nitrogen and oxygen atoms in total. The molecule has 0 spiro atoms. The van der Waals surface area contributed by atoms with Gasteiger partial charge in [0.2, 0.25) is 5.89 Å². The Morgan fingerprint density at radius 1 is 1.17 bits per heavy atom. The summed E-state index contributed by atoms with van der Waals surface area (Å²) >= 11 is 0. The van der Waals surface area contributed by atoms with E-state index in [1.165, 1.54) is 11.1 Å². The third-order valence-corrected chi connectivity index (χ3v) is 3.05. The Kier molecular flexibility index (Phi) is 3.82. The number of nitrogens with zero attached hydrogens (tertiary/aromatic N) is 1. The SMILES string of the molecule is Cc1cccc(C(C)NC(C)c2ncc(C)o2)c1. The number of rotatable bonds is 4. The van der Waals surface area contributed by atoms with E-state index in [1.807, 2.05) is 6.92 Å². The van der Waals surface area contributed by atoms with Crippen molar-refractivity contribution in [2.24, 2.45) is 0 Å². The molecule has 1 aromatic carbocycles. The lowest BCUT2D eigenvalue weighted by Crippen LogP contribution is -2.22. The van der Waals surface area contributed by atoms with Crippen molar-refractivity contribution >= 4 is 0 Å². The molecule has 0 saturated heterocycles. The van der Waals surface area contributed by atoms with E-state index in [0.29, 0.717) is 0 Å². The van der Waals surface area contributed by atoms with Crippen molar-refractivity contribution in [2.45, 2.75) is 39.8 Å². The van der Waals surface area contributed by atoms with Crippen molar-refractivity contribution < 1.29 is 4.42 Å². The van der Waals surface area contributed by atoms with E-state index < -0.39 is 0 Å². The zero-order chi connectivity index (χ0) is 13.1. The molecule has 0 aliphatic carbocycles. The fraction of sp³-hybridized carbons (Fsp3) is 0.400. The van der Waals surface area contributed by atoms with Gasteiger partial charge in [-0.25, -0.2) is 4.98 Å². The Morgan fingerprint density at radius 3 is 2.56 bits per heavy atom. The van der Waals surface area contributed by atoms with Crippen LogP contribution in [0.4, 0.5) is 0 Å². The smallest absolute Gasteiger partial charge is 0.211 e. The molecule has 0 fully saturated rings. The van der Waals surface area contributed by atoms with Gasteiger partial charge in [0.05, 0.1) is 12.2 Å². The molecule has 0 aliphatic heterocycles. The van der Waals surface area contributed by atoms with Crippen molar-refractivity contribution in [3.05, 3.63) is 53.2 Å². The van der Waals surface area contributed by atoms with Crippen molar-refractivity contribution in [1.29, 1.82) is 0 Å². The fourth-order valence-corrected chi connectivity index (χ4v) is 2.05. The first-order chi connectivity index (χ1) is 8.56. The maximum absolute atomic E-state index is 5.53. The molecule has 0 radical (unpaired) electrons. The van der Waals surface area contributed by atoms with Crippen LogP contribution in [-0.2, 0) is 0 Å². The van der Waals surface area contributed by atoms with Crippen LogP contribution in [0.3, 0.4) is 0 Å². The minimum Gasteiger partial charge on any atom is -0.444 e. The van der Waals surface area contributed by atoms with Crippen LogP contribution in [0.5, 0.6) is 0 Å². The summed E-state index contributed by atoms with van der Waals surface area (Å²) in [6.45, 7) is 8.24. The van der Waals surface area contributed by atoms with Crippen molar-refractivity contribution in [3.8, 4) is 0 Å². The highest BCUT2D eigenvalue weighted by atomic mass is 16.4. The van der Waals surface area contributed by atoms with E-state index >= 15 is 0 Å². The number of aryl methyl sites for hydroxylation is 2. The van der Waals surface area contributed by atoms with Gasteiger partial charge in [0.25, 0.3) is 0 Å². The fourth-order valence-electron chi connectivity index (χ4n) is 2.05. The standard InChI is InChI=1S/C15H20N2O/c1-10-6-5-7-14(8-10)12(3)17-13(4)15-16-9-11(2)18-15/h5-9,12-13,17H,1-4H3. The first-order valence-electron chi connectivity index (χ1n) is 6.31. The van der Waals surface area contributed by atoms with Crippen LogP contribution in [0.15, 0.2) is 34.9 Å². The quantitative estimate of drug-likeness (QED) is 0.891. The van der Waals surface area contributed by atoms with E-state index in [2.05, 4.69) is 55.3 Å². The van der Waals surface area contributed by atoms with Crippen molar-refractivity contribution in [3.63, 3.8) is 0 Å². The van der Waals surface area contributed by atoms with Gasteiger partial charge in [-0.15, -0.1) is 0 Å². The van der Waals surface area contributed by atoms with Crippen LogP contribution in [0.1, 0.15) is 48.7 Å². The van der Waals surface area contributed by atoms with Gasteiger partial charge in [0, 0.05) is 6.04 Å². The van der Waals surface area contributed by atoms with E-state index in [0.717, 1.165) is 11.7 Å². The number of benzene rings is 1. The lowest BCUT2D eigenvalue weighted by atomic mass is 10.1. The summed E-state index contributed by atoms with van der Waals surface area (Å²) < 4.78 is 5.53. The summed E-state index contributed by atoms with van der Waals surface area (Å²) in [6, 6.07) is 8.91. The summed E-state index contributed by atoms with van der Waals surface area (Å²) in [5, 5.41) is 3.50. The van der Waals surface area contributed by atoms with Gasteiger partial charge >= 0.3 is 0 Å². The highest BCUT2D eigenvalue weighted by Crippen LogP contribution is 2.19. The monoisotopic (exact) mass is 244 g/mol. The Balaban J connectivity index is 2.05. The number of aromatic nitrogens is 1. The summed E-state index contributed by atoms with van der Waals surface area (Å²) in [5.41, 5.74) is 2.56. The number of oxazole rings is 1. The average molecular weight is 244 g/mol. The topological polar surface area (TPSA) is 38.1 Å². The number of nitrogens with one attached hydrogen (secondary N) is 1. The Morgan fingerprint density at radius 2 is 1.94 bits per heavy atom. The van der Waals surface area contributed by atoms with Crippen LogP contribution in [0.25, 0.3) is 0 Å². The maximum Gasteiger partial charge on any atom is 0.211 e. The molecular weight excluding hydrogens is 224 g/mol. The van der Waals surface area contributed by atoms with Gasteiger partial charge < -0.3 is 4.42 Å². The van der Waals surface area contributed by atoms with Crippen LogP contribution >= 0.6 is 0 Å². The molecule has 0 bridgehead atoms. The van der Waals surface area contributed by atoms with Gasteiger partial charge in [0.1, 0.15) is 5.76 Å². The predicted molar refractivity (Wildman–Crippen MR) is 72.4 cm³/mol. The summed E-state index contributed by atoms with van der Waals surface area (Å²) in [5.74, 6) is 1.59. The predicted octanol–water partition coefficient (Wildman–Crippen LogP) is 3.70. The second kappa shape index (κ2) is 5.36. The Hall–Kier alpha value is -1.61. The molecule has 18 heavy (non-hydrogen) atoms. The highest BCUT2D eigenvalue weighted by molar-refractivity contribution is 5.24. The van der Waals surface area contributed by atoms with E-state index in [4.69, 9.17) is 4.42 Å². The lowest BCUT2D eigenvalue weighted by molar-refractivity contribution is 0.380. The average Bonchev–Trinajstić information content (AvgIpc) is 2.76. The maximum atomic E-state index is 5.53. The molecule has 1 aromatic heterocycles. The molecule has 96 valence electrons. The number of hydrogen-bond donors (Lipinski definition) is 1. The van der Waals surface area contributed by atoms with Gasteiger partial charge in [0.15, 0.2) is 0 Å². The largest absolute Gasteiger partial charge is 0.444 e. The molecule has 1 heterocycles. The molecule has 2 unspecified atom stereocenters. The molecule has 0 saturated carbocycles. The van der Waals surface area contributed by atoms with Gasteiger partial charge in [-0.1, -0.05) is 29.8 Å². The lowest BCUT2D eigenvalue weighted by Gasteiger charge is -2.18. The second-order valence-electron chi connectivity index (χ2n) is 4.83. The Labute approximate surface area is 108 Å². The summed E-state index contributed by atoms with van der Waals surface area (Å²) in [4.78, 5) is 4.25. The summed E-state index contributed by atoms with van der Waals surface area (Å²) in [7, 11) is 0. The minimum atomic E-state index is 0.106. The first kappa shape index (κ1) is 12.8. The highest BCUT2D eigenvalue weighted by Gasteiger charge is 2.15. The van der Waals surface area contributed by atoms with Crippen molar-refractivity contribution in [1.82, 2.24) is 10.3 Å².